The summed E-state index contributed by atoms with van der Waals surface area (Å²) >= 11 is 0. The molecule has 0 amide bonds. The Morgan fingerprint density at radius 1 is 0.216 bits per heavy atom. The first-order chi connectivity index (χ1) is 25.1. The molecule has 0 aromatic heterocycles. The molecule has 0 saturated heterocycles. The second-order valence-electron chi connectivity index (χ2n) is 13.5. The lowest BCUT2D eigenvalue weighted by Gasteiger charge is -2.16. The van der Waals surface area contributed by atoms with E-state index in [1.807, 2.05) is 84.9 Å². The van der Waals surface area contributed by atoms with Crippen LogP contribution in [0.4, 0.5) is 0 Å². The van der Waals surface area contributed by atoms with Gasteiger partial charge in [-0.1, -0.05) is 170 Å². The van der Waals surface area contributed by atoms with E-state index in [2.05, 4.69) is 84.9 Å². The van der Waals surface area contributed by atoms with Gasteiger partial charge in [-0.2, -0.15) is 0 Å². The van der Waals surface area contributed by atoms with Gasteiger partial charge in [-0.05, 0) is 87.7 Å². The molecule has 2 nitrogen and oxygen atoms in total. The number of rotatable bonds is 0. The highest BCUT2D eigenvalue weighted by molar-refractivity contribution is 6.12. The average Bonchev–Trinajstić information content (AvgIpc) is 3.17. The van der Waals surface area contributed by atoms with E-state index < -0.39 is 0 Å². The Kier molecular flexibility index (Phi) is 9.06. The van der Waals surface area contributed by atoms with E-state index in [0.717, 1.165) is 35.1 Å². The second kappa shape index (κ2) is 14.4. The highest BCUT2D eigenvalue weighted by Crippen LogP contribution is 2.29. The monoisotopic (exact) mass is 658 g/mol. The molecule has 0 atom stereocenters. The minimum Gasteiger partial charge on any atom is -0.289 e. The average molecular weight is 659 g/mol. The fourth-order valence-electron chi connectivity index (χ4n) is 7.61. The van der Waals surface area contributed by atoms with Crippen molar-refractivity contribution in [3.05, 3.63) is 248 Å². The number of hydrogen-bond acceptors (Lipinski definition) is 2. The number of ketones is 2. The van der Waals surface area contributed by atoms with Gasteiger partial charge in [-0.25, -0.2) is 0 Å². The summed E-state index contributed by atoms with van der Waals surface area (Å²) in [5.74, 6) is 0.00340. The molecule has 7 aromatic carbocycles. The first-order valence-corrected chi connectivity index (χ1v) is 17.7. The highest BCUT2D eigenvalue weighted by Gasteiger charge is 2.22. The third-order valence-electron chi connectivity index (χ3n) is 10.3. The quantitative estimate of drug-likeness (QED) is 0.163. The molecule has 0 radical (unpaired) electrons. The number of fused-ring (bicyclic) bond motifs is 7. The van der Waals surface area contributed by atoms with E-state index in [1.54, 1.807) is 0 Å². The minimum absolute atomic E-state index is 0.00170. The lowest BCUT2D eigenvalue weighted by molar-refractivity contribution is 0.103. The van der Waals surface area contributed by atoms with Gasteiger partial charge >= 0.3 is 0 Å². The Bertz CT molecular complexity index is 2230. The molecule has 0 bridgehead atoms. The van der Waals surface area contributed by atoms with Gasteiger partial charge in [0.15, 0.2) is 11.6 Å². The van der Waals surface area contributed by atoms with Crippen LogP contribution in [0.1, 0.15) is 87.5 Å². The van der Waals surface area contributed by atoms with E-state index in [0.29, 0.717) is 41.5 Å². The molecule has 1 aliphatic carbocycles. The van der Waals surface area contributed by atoms with Crippen LogP contribution in [0.2, 0.25) is 0 Å². The minimum atomic E-state index is 0.00170. The summed E-state index contributed by atoms with van der Waals surface area (Å²) in [5, 5.41) is 0. The predicted molar refractivity (Wildman–Crippen MR) is 206 cm³/mol. The molecule has 7 aromatic rings. The molecular formula is C49H38O2. The lowest BCUT2D eigenvalue weighted by atomic mass is 9.87. The highest BCUT2D eigenvalue weighted by atomic mass is 16.1. The maximum atomic E-state index is 14.5. The third-order valence-corrected chi connectivity index (χ3v) is 10.3. The Balaban J connectivity index is 1.31. The molecular weight excluding hydrogens is 621 g/mol. The van der Waals surface area contributed by atoms with Crippen molar-refractivity contribution in [3.63, 3.8) is 0 Å². The predicted octanol–water partition coefficient (Wildman–Crippen LogP) is 10.4. The van der Waals surface area contributed by atoms with Crippen molar-refractivity contribution in [1.82, 2.24) is 0 Å². The number of benzene rings is 7. The maximum Gasteiger partial charge on any atom is 0.193 e. The number of carbonyl (C=O) groups excluding carboxylic acids is 2. The topological polar surface area (TPSA) is 34.1 Å². The van der Waals surface area contributed by atoms with Crippen molar-refractivity contribution in [2.45, 2.75) is 32.1 Å². The third kappa shape index (κ3) is 6.74. The van der Waals surface area contributed by atoms with E-state index in [4.69, 9.17) is 0 Å². The van der Waals surface area contributed by atoms with E-state index >= 15 is 0 Å². The van der Waals surface area contributed by atoms with Gasteiger partial charge < -0.3 is 0 Å². The summed E-state index contributed by atoms with van der Waals surface area (Å²) in [6.07, 6.45) is 3.37. The molecule has 0 unspecified atom stereocenters. The zero-order chi connectivity index (χ0) is 34.6. The summed E-state index contributed by atoms with van der Waals surface area (Å²) < 4.78 is 0. The SMILES string of the molecule is O=C1c2ccccc2Cc2ccccc2Cc2ccccc2Cc2ccccc2Cc2ccccc2C(=O)c2ccccc2Cc2ccccc21. The van der Waals surface area contributed by atoms with Crippen molar-refractivity contribution in [3.8, 4) is 0 Å². The van der Waals surface area contributed by atoms with Crippen LogP contribution in [0, 0.1) is 0 Å². The van der Waals surface area contributed by atoms with Crippen molar-refractivity contribution in [2.24, 2.45) is 0 Å². The first kappa shape index (κ1) is 32.1. The normalized spacial score (nSPS) is 13.2. The lowest BCUT2D eigenvalue weighted by Crippen LogP contribution is -2.12. The van der Waals surface area contributed by atoms with Crippen molar-refractivity contribution in [1.29, 1.82) is 0 Å². The van der Waals surface area contributed by atoms with Crippen molar-refractivity contribution in [2.75, 3.05) is 0 Å². The largest absolute Gasteiger partial charge is 0.289 e. The van der Waals surface area contributed by atoms with E-state index in [9.17, 15) is 9.59 Å². The fraction of sp³-hybridized carbons (Fsp3) is 0.102. The van der Waals surface area contributed by atoms with Crippen LogP contribution in [-0.2, 0) is 32.1 Å². The van der Waals surface area contributed by atoms with Gasteiger partial charge in [0.1, 0.15) is 0 Å². The van der Waals surface area contributed by atoms with Gasteiger partial charge in [0.25, 0.3) is 0 Å². The van der Waals surface area contributed by atoms with Crippen LogP contribution in [0.15, 0.2) is 170 Å². The molecule has 0 spiro atoms. The number of carbonyl (C=O) groups is 2. The Morgan fingerprint density at radius 2 is 0.373 bits per heavy atom. The molecule has 0 heterocycles. The molecule has 0 saturated carbocycles. The standard InChI is InChI=1S/C49H38O2/c50-48-44-25-11-7-21-40(44)31-38-19-5-3-17-36(38)29-34-15-1-2-16-35(34)30-37-18-4-6-20-39(37)32-41-22-8-12-26-45(41)49(51)47-28-14-10-24-43(47)33-42-23-9-13-27-46(42)48/h1-28H,29-33H2. The maximum absolute atomic E-state index is 14.5. The summed E-state index contributed by atoms with van der Waals surface area (Å²) in [6, 6.07) is 57.7. The van der Waals surface area contributed by atoms with Gasteiger partial charge in [0.05, 0.1) is 0 Å². The fourth-order valence-corrected chi connectivity index (χ4v) is 7.61. The van der Waals surface area contributed by atoms with Crippen LogP contribution in [-0.4, -0.2) is 11.6 Å². The zero-order valence-electron chi connectivity index (χ0n) is 28.5. The second-order valence-corrected chi connectivity index (χ2v) is 13.5. The Labute approximate surface area is 300 Å². The van der Waals surface area contributed by atoms with Crippen molar-refractivity contribution >= 4 is 11.6 Å². The van der Waals surface area contributed by atoms with Crippen LogP contribution in [0.25, 0.3) is 0 Å². The van der Waals surface area contributed by atoms with E-state index in [-0.39, 0.29) is 11.6 Å². The molecule has 51 heavy (non-hydrogen) atoms. The van der Waals surface area contributed by atoms with Crippen LogP contribution < -0.4 is 0 Å². The van der Waals surface area contributed by atoms with Crippen LogP contribution in [0.3, 0.4) is 0 Å². The summed E-state index contributed by atoms with van der Waals surface area (Å²) in [5.41, 5.74) is 14.1. The smallest absolute Gasteiger partial charge is 0.193 e. The molecule has 1 aliphatic rings. The van der Waals surface area contributed by atoms with Gasteiger partial charge in [-0.3, -0.25) is 9.59 Å². The summed E-state index contributed by atoms with van der Waals surface area (Å²) in [7, 11) is 0. The molecule has 8 rings (SSSR count). The van der Waals surface area contributed by atoms with Crippen LogP contribution in [0.5, 0.6) is 0 Å². The summed E-state index contributed by atoms with van der Waals surface area (Å²) in [4.78, 5) is 29.0. The molecule has 0 fully saturated rings. The molecule has 246 valence electrons. The summed E-state index contributed by atoms with van der Waals surface area (Å²) in [6.45, 7) is 0. The Hall–Kier alpha value is -6.12. The molecule has 0 N–H and O–H groups in total. The zero-order valence-corrected chi connectivity index (χ0v) is 28.5. The molecule has 2 heteroatoms. The first-order valence-electron chi connectivity index (χ1n) is 17.7. The van der Waals surface area contributed by atoms with Gasteiger partial charge in [-0.15, -0.1) is 0 Å². The Morgan fingerprint density at radius 3 is 0.608 bits per heavy atom. The van der Waals surface area contributed by atoms with Gasteiger partial charge in [0.2, 0.25) is 0 Å². The van der Waals surface area contributed by atoms with Gasteiger partial charge in [0, 0.05) is 22.3 Å². The van der Waals surface area contributed by atoms with Crippen LogP contribution >= 0.6 is 0 Å². The van der Waals surface area contributed by atoms with E-state index in [1.165, 1.54) is 33.4 Å². The van der Waals surface area contributed by atoms with Crippen molar-refractivity contribution < 1.29 is 9.59 Å². The number of hydrogen-bond donors (Lipinski definition) is 0. The molecule has 0 aliphatic heterocycles.